The molecule has 0 fully saturated rings. The molecule has 0 saturated heterocycles. The van der Waals surface area contributed by atoms with Gasteiger partial charge in [-0.15, -0.1) is 0 Å². The van der Waals surface area contributed by atoms with E-state index in [1.54, 1.807) is 0 Å². The molecule has 0 aromatic heterocycles. The van der Waals surface area contributed by atoms with E-state index in [0.29, 0.717) is 24.9 Å². The Morgan fingerprint density at radius 1 is 1.14 bits per heavy atom. The quantitative estimate of drug-likeness (QED) is 0.477. The van der Waals surface area contributed by atoms with Crippen LogP contribution in [0.5, 0.6) is 0 Å². The van der Waals surface area contributed by atoms with Crippen LogP contribution < -0.4 is 5.32 Å². The maximum Gasteiger partial charge on any atom is 0.242 e. The highest BCUT2D eigenvalue weighted by atomic mass is 32.2. The Labute approximate surface area is 168 Å². The van der Waals surface area contributed by atoms with Gasteiger partial charge in [-0.2, -0.15) is 0 Å². The van der Waals surface area contributed by atoms with Crippen LogP contribution in [0.25, 0.3) is 0 Å². The molecule has 0 heterocycles. The van der Waals surface area contributed by atoms with Crippen LogP contribution >= 0.6 is 0 Å². The summed E-state index contributed by atoms with van der Waals surface area (Å²) in [5, 5.41) is 2.91. The molecule has 0 unspecified atom stereocenters. The lowest BCUT2D eigenvalue weighted by Crippen LogP contribution is -2.30. The van der Waals surface area contributed by atoms with Gasteiger partial charge in [0.15, 0.2) is 5.78 Å². The molecule has 1 amide bonds. The van der Waals surface area contributed by atoms with Crippen molar-refractivity contribution in [3.05, 3.63) is 41.5 Å². The summed E-state index contributed by atoms with van der Waals surface area (Å²) < 4.78 is 26.4. The molecule has 0 atom stereocenters. The van der Waals surface area contributed by atoms with Crippen LogP contribution in [0.2, 0.25) is 0 Å². The minimum atomic E-state index is -3.63. The molecule has 6 nitrogen and oxygen atoms in total. The number of nitrogens with zero attached hydrogens (tertiary/aromatic N) is 1. The molecule has 1 N–H and O–H groups in total. The second-order valence-electron chi connectivity index (χ2n) is 7.22. The normalized spacial score (nSPS) is 14.6. The van der Waals surface area contributed by atoms with Gasteiger partial charge >= 0.3 is 0 Å². The Bertz CT molecular complexity index is 813. The topological polar surface area (TPSA) is 83.6 Å². The Balaban J connectivity index is 1.74. The van der Waals surface area contributed by atoms with Crippen molar-refractivity contribution in [3.63, 3.8) is 0 Å². The first-order valence-corrected chi connectivity index (χ1v) is 11.3. The number of benzene rings is 1. The summed E-state index contributed by atoms with van der Waals surface area (Å²) in [5.41, 5.74) is 1.90. The average molecular weight is 407 g/mol. The third kappa shape index (κ3) is 6.56. The molecule has 1 aromatic rings. The third-order valence-electron chi connectivity index (χ3n) is 5.00. The van der Waals surface area contributed by atoms with Crippen molar-refractivity contribution in [1.29, 1.82) is 0 Å². The number of sulfonamides is 1. The Morgan fingerprint density at radius 2 is 1.86 bits per heavy atom. The molecule has 0 bridgehead atoms. The lowest BCUT2D eigenvalue weighted by atomic mass is 9.97. The summed E-state index contributed by atoms with van der Waals surface area (Å²) in [6.07, 6.45) is 8.69. The van der Waals surface area contributed by atoms with Crippen LogP contribution in [-0.2, 0) is 14.8 Å². The number of hydrogen-bond acceptors (Lipinski definition) is 4. The Morgan fingerprint density at radius 3 is 2.46 bits per heavy atom. The molecule has 0 saturated carbocycles. The standard InChI is InChI=1S/C21H30N2O4S/c1-17(24)19-10-12-20(13-11-19)28(26,27)23(2)16-6-9-21(25)22-15-14-18-7-4-3-5-8-18/h7,10-13H,3-6,8-9,14-16H2,1-2H3,(H,22,25). The van der Waals surface area contributed by atoms with Crippen molar-refractivity contribution in [2.24, 2.45) is 0 Å². The summed E-state index contributed by atoms with van der Waals surface area (Å²) in [7, 11) is -2.13. The van der Waals surface area contributed by atoms with Crippen molar-refractivity contribution in [3.8, 4) is 0 Å². The van der Waals surface area contributed by atoms with E-state index in [4.69, 9.17) is 0 Å². The number of nitrogens with one attached hydrogen (secondary N) is 1. The van der Waals surface area contributed by atoms with Crippen molar-refractivity contribution in [2.75, 3.05) is 20.1 Å². The maximum atomic E-state index is 12.6. The predicted molar refractivity (Wildman–Crippen MR) is 110 cm³/mol. The highest BCUT2D eigenvalue weighted by molar-refractivity contribution is 7.89. The van der Waals surface area contributed by atoms with Crippen molar-refractivity contribution in [2.45, 2.75) is 56.8 Å². The van der Waals surface area contributed by atoms with Crippen molar-refractivity contribution in [1.82, 2.24) is 9.62 Å². The summed E-state index contributed by atoms with van der Waals surface area (Å²) in [4.78, 5) is 23.4. The molecule has 0 radical (unpaired) electrons. The van der Waals surface area contributed by atoms with E-state index >= 15 is 0 Å². The van der Waals surface area contributed by atoms with E-state index in [1.807, 2.05) is 0 Å². The van der Waals surface area contributed by atoms with E-state index in [2.05, 4.69) is 11.4 Å². The summed E-state index contributed by atoms with van der Waals surface area (Å²) in [6, 6.07) is 5.90. The smallest absolute Gasteiger partial charge is 0.242 e. The van der Waals surface area contributed by atoms with Crippen LogP contribution in [-0.4, -0.2) is 44.6 Å². The lowest BCUT2D eigenvalue weighted by Gasteiger charge is -2.17. The zero-order valence-electron chi connectivity index (χ0n) is 16.7. The van der Waals surface area contributed by atoms with Crippen LogP contribution in [0.1, 0.15) is 62.2 Å². The van der Waals surface area contributed by atoms with Gasteiger partial charge in [0.05, 0.1) is 4.90 Å². The first-order valence-electron chi connectivity index (χ1n) is 9.82. The van der Waals surface area contributed by atoms with Crippen molar-refractivity contribution < 1.29 is 18.0 Å². The molecule has 1 aliphatic carbocycles. The number of carbonyl (C=O) groups is 2. The van der Waals surface area contributed by atoms with Gasteiger partial charge in [0.1, 0.15) is 0 Å². The second-order valence-corrected chi connectivity index (χ2v) is 9.26. The van der Waals surface area contributed by atoms with E-state index in [0.717, 1.165) is 19.3 Å². The van der Waals surface area contributed by atoms with Crippen LogP contribution in [0.3, 0.4) is 0 Å². The van der Waals surface area contributed by atoms with E-state index < -0.39 is 10.0 Å². The number of Topliss-reactive ketones (excluding diaryl/α,β-unsaturated/α-hetero) is 1. The van der Waals surface area contributed by atoms with Gasteiger partial charge in [-0.1, -0.05) is 23.8 Å². The Hall–Kier alpha value is -1.99. The molecule has 1 aromatic carbocycles. The molecule has 28 heavy (non-hydrogen) atoms. The maximum absolute atomic E-state index is 12.6. The summed E-state index contributed by atoms with van der Waals surface area (Å²) in [5.74, 6) is -0.156. The van der Waals surface area contributed by atoms with Gasteiger partial charge < -0.3 is 5.32 Å². The largest absolute Gasteiger partial charge is 0.356 e. The molecule has 7 heteroatoms. The number of ketones is 1. The molecule has 0 aliphatic heterocycles. The zero-order valence-corrected chi connectivity index (χ0v) is 17.6. The summed E-state index contributed by atoms with van der Waals surface area (Å²) >= 11 is 0. The second kappa shape index (κ2) is 10.5. The number of hydrogen-bond donors (Lipinski definition) is 1. The minimum absolute atomic E-state index is 0.0481. The fourth-order valence-corrected chi connectivity index (χ4v) is 4.42. The van der Waals surface area contributed by atoms with Gasteiger partial charge in [-0.05, 0) is 57.6 Å². The number of rotatable bonds is 10. The van der Waals surface area contributed by atoms with Gasteiger partial charge in [-0.3, -0.25) is 9.59 Å². The molecule has 154 valence electrons. The van der Waals surface area contributed by atoms with Crippen molar-refractivity contribution >= 4 is 21.7 Å². The van der Waals surface area contributed by atoms with E-state index in [1.165, 1.54) is 61.0 Å². The predicted octanol–water partition coefficient (Wildman–Crippen LogP) is 3.30. The number of allylic oxidation sites excluding steroid dienone is 1. The fourth-order valence-electron chi connectivity index (χ4n) is 3.21. The third-order valence-corrected chi connectivity index (χ3v) is 6.87. The monoisotopic (exact) mass is 406 g/mol. The van der Waals surface area contributed by atoms with Gasteiger partial charge in [0, 0.05) is 32.1 Å². The lowest BCUT2D eigenvalue weighted by molar-refractivity contribution is -0.121. The molecular formula is C21H30N2O4S. The number of amides is 1. The fraction of sp³-hybridized carbons (Fsp3) is 0.524. The SMILES string of the molecule is CC(=O)c1ccc(S(=O)(=O)N(C)CCCC(=O)NCCC2=CCCCC2)cc1. The molecule has 0 spiro atoms. The molecule has 1 aliphatic rings. The molecule has 2 rings (SSSR count). The minimum Gasteiger partial charge on any atom is -0.356 e. The highest BCUT2D eigenvalue weighted by Crippen LogP contribution is 2.19. The van der Waals surface area contributed by atoms with Crippen LogP contribution in [0.4, 0.5) is 0 Å². The average Bonchev–Trinajstić information content (AvgIpc) is 2.68. The van der Waals surface area contributed by atoms with Gasteiger partial charge in [0.25, 0.3) is 0 Å². The van der Waals surface area contributed by atoms with Crippen LogP contribution in [0.15, 0.2) is 40.8 Å². The molecular weight excluding hydrogens is 376 g/mol. The zero-order chi connectivity index (χ0) is 20.6. The number of carbonyl (C=O) groups excluding carboxylic acids is 2. The van der Waals surface area contributed by atoms with Crippen LogP contribution in [0, 0.1) is 0 Å². The van der Waals surface area contributed by atoms with Gasteiger partial charge in [-0.25, -0.2) is 12.7 Å². The van der Waals surface area contributed by atoms with Gasteiger partial charge in [0.2, 0.25) is 15.9 Å². The first-order chi connectivity index (χ1) is 13.3. The highest BCUT2D eigenvalue weighted by Gasteiger charge is 2.20. The Kier molecular flexibility index (Phi) is 8.38. The van der Waals surface area contributed by atoms with E-state index in [-0.39, 0.29) is 23.1 Å². The first kappa shape index (κ1) is 22.3. The summed E-state index contributed by atoms with van der Waals surface area (Å²) in [6.45, 7) is 2.34. The van der Waals surface area contributed by atoms with E-state index in [9.17, 15) is 18.0 Å².